The summed E-state index contributed by atoms with van der Waals surface area (Å²) in [7, 11) is 2.21. The van der Waals surface area contributed by atoms with Crippen molar-refractivity contribution in [2.45, 2.75) is 26.2 Å². The van der Waals surface area contributed by atoms with Crippen molar-refractivity contribution in [2.24, 2.45) is 0 Å². The SMILES string of the molecule is Cc1ccc2c(-c3cc4ccccc4c4ccccc34)c3ccccc3c(-c3ccc4c(c3)N(C)c3ccccc3C4(C)C)c2c1. The van der Waals surface area contributed by atoms with Crippen molar-refractivity contribution < 1.29 is 0 Å². The summed E-state index contributed by atoms with van der Waals surface area (Å²) in [5.74, 6) is 0. The molecular formula is C45H35N. The number of anilines is 2. The Morgan fingerprint density at radius 2 is 1.07 bits per heavy atom. The van der Waals surface area contributed by atoms with Crippen molar-refractivity contribution in [1.82, 2.24) is 0 Å². The van der Waals surface area contributed by atoms with Crippen LogP contribution in [0.4, 0.5) is 11.4 Å². The van der Waals surface area contributed by atoms with Crippen LogP contribution in [0.2, 0.25) is 0 Å². The molecule has 46 heavy (non-hydrogen) atoms. The number of aryl methyl sites for hydroxylation is 1. The van der Waals surface area contributed by atoms with E-state index in [0.717, 1.165) is 0 Å². The van der Waals surface area contributed by atoms with E-state index < -0.39 is 0 Å². The Balaban J connectivity index is 1.38. The molecule has 0 N–H and O–H groups in total. The van der Waals surface area contributed by atoms with Crippen molar-refractivity contribution in [3.8, 4) is 22.3 Å². The lowest BCUT2D eigenvalue weighted by Crippen LogP contribution is -2.30. The quantitative estimate of drug-likeness (QED) is 0.143. The smallest absolute Gasteiger partial charge is 0.0455 e. The van der Waals surface area contributed by atoms with Gasteiger partial charge in [0.25, 0.3) is 0 Å². The minimum Gasteiger partial charge on any atom is -0.344 e. The van der Waals surface area contributed by atoms with Gasteiger partial charge in [-0.15, -0.1) is 0 Å². The Bertz CT molecular complexity index is 2530. The normalized spacial score (nSPS) is 13.8. The van der Waals surface area contributed by atoms with Crippen LogP contribution in [0, 0.1) is 6.92 Å². The first-order valence-corrected chi connectivity index (χ1v) is 16.3. The summed E-state index contributed by atoms with van der Waals surface area (Å²) in [4.78, 5) is 2.38. The minimum absolute atomic E-state index is 0.0846. The lowest BCUT2D eigenvalue weighted by molar-refractivity contribution is 0.629. The van der Waals surface area contributed by atoms with Crippen molar-refractivity contribution in [3.63, 3.8) is 0 Å². The second-order valence-corrected chi connectivity index (χ2v) is 13.5. The van der Waals surface area contributed by atoms with E-state index in [9.17, 15) is 0 Å². The second-order valence-electron chi connectivity index (χ2n) is 13.5. The zero-order chi connectivity index (χ0) is 31.2. The Morgan fingerprint density at radius 3 is 1.87 bits per heavy atom. The van der Waals surface area contributed by atoms with E-state index in [2.05, 4.69) is 172 Å². The van der Waals surface area contributed by atoms with E-state index >= 15 is 0 Å². The molecule has 1 heterocycles. The standard InChI is InChI=1S/C45H35N/c1-28-21-23-36-37(25-28)43(30-22-24-40-42(27-30)46(4)41-20-12-11-19-39(41)45(40,2)3)34-17-9-10-18-35(34)44(36)38-26-29-13-5-6-14-31(29)32-15-7-8-16-33(32)38/h5-27H,1-4H3. The van der Waals surface area contributed by atoms with Crippen molar-refractivity contribution in [3.05, 3.63) is 156 Å². The first kappa shape index (κ1) is 27.0. The largest absolute Gasteiger partial charge is 0.344 e. The van der Waals surface area contributed by atoms with Gasteiger partial charge in [0.2, 0.25) is 0 Å². The van der Waals surface area contributed by atoms with E-state index in [1.54, 1.807) is 0 Å². The Labute approximate surface area is 270 Å². The van der Waals surface area contributed by atoms with Gasteiger partial charge in [-0.1, -0.05) is 141 Å². The van der Waals surface area contributed by atoms with Gasteiger partial charge >= 0.3 is 0 Å². The van der Waals surface area contributed by atoms with Crippen LogP contribution in [0.3, 0.4) is 0 Å². The van der Waals surface area contributed by atoms with Crippen LogP contribution < -0.4 is 4.90 Å². The maximum Gasteiger partial charge on any atom is 0.0455 e. The molecule has 220 valence electrons. The van der Waals surface area contributed by atoms with Gasteiger partial charge < -0.3 is 4.90 Å². The molecule has 0 unspecified atom stereocenters. The molecule has 0 saturated heterocycles. The maximum atomic E-state index is 2.43. The third-order valence-electron chi connectivity index (χ3n) is 10.5. The fourth-order valence-corrected chi connectivity index (χ4v) is 8.22. The molecule has 0 fully saturated rings. The van der Waals surface area contributed by atoms with Gasteiger partial charge in [0.05, 0.1) is 0 Å². The maximum absolute atomic E-state index is 2.43. The van der Waals surface area contributed by atoms with Crippen molar-refractivity contribution in [2.75, 3.05) is 11.9 Å². The summed E-state index contributed by atoms with van der Waals surface area (Å²) in [5, 5.41) is 10.3. The van der Waals surface area contributed by atoms with E-state index in [-0.39, 0.29) is 5.41 Å². The fourth-order valence-electron chi connectivity index (χ4n) is 8.22. The summed E-state index contributed by atoms with van der Waals surface area (Å²) in [6.07, 6.45) is 0. The highest BCUT2D eigenvalue weighted by Gasteiger charge is 2.35. The molecule has 0 aliphatic carbocycles. The molecule has 1 aliphatic rings. The molecule has 1 aliphatic heterocycles. The molecule has 0 amide bonds. The molecule has 0 bridgehead atoms. The van der Waals surface area contributed by atoms with Gasteiger partial charge in [-0.25, -0.2) is 0 Å². The average molecular weight is 590 g/mol. The van der Waals surface area contributed by atoms with Crippen LogP contribution in [0.1, 0.15) is 30.5 Å². The van der Waals surface area contributed by atoms with Crippen molar-refractivity contribution in [1.29, 1.82) is 0 Å². The summed E-state index contributed by atoms with van der Waals surface area (Å²) in [6, 6.07) is 52.1. The van der Waals surface area contributed by atoms with Crippen LogP contribution in [-0.2, 0) is 5.41 Å². The molecule has 0 spiro atoms. The Morgan fingerprint density at radius 1 is 0.457 bits per heavy atom. The predicted octanol–water partition coefficient (Wildman–Crippen LogP) is 12.3. The van der Waals surface area contributed by atoms with Gasteiger partial charge in [-0.3, -0.25) is 0 Å². The zero-order valence-electron chi connectivity index (χ0n) is 26.7. The highest BCUT2D eigenvalue weighted by atomic mass is 15.1. The lowest BCUT2D eigenvalue weighted by Gasteiger charge is -2.40. The number of para-hydroxylation sites is 1. The monoisotopic (exact) mass is 589 g/mol. The number of hydrogen-bond donors (Lipinski definition) is 0. The van der Waals surface area contributed by atoms with Gasteiger partial charge in [0.1, 0.15) is 0 Å². The first-order chi connectivity index (χ1) is 22.4. The van der Waals surface area contributed by atoms with Crippen LogP contribution in [0.15, 0.2) is 140 Å². The highest BCUT2D eigenvalue weighted by Crippen LogP contribution is 2.51. The molecule has 0 aromatic heterocycles. The third kappa shape index (κ3) is 3.75. The number of benzene rings is 8. The third-order valence-corrected chi connectivity index (χ3v) is 10.5. The molecule has 8 aromatic rings. The Hall–Kier alpha value is -5.40. The van der Waals surface area contributed by atoms with Gasteiger partial charge in [-0.05, 0) is 102 Å². The number of hydrogen-bond acceptors (Lipinski definition) is 1. The molecule has 1 heteroatoms. The van der Waals surface area contributed by atoms with Crippen LogP contribution in [0.25, 0.3) is 65.3 Å². The second kappa shape index (κ2) is 9.80. The predicted molar refractivity (Wildman–Crippen MR) is 199 cm³/mol. The van der Waals surface area contributed by atoms with E-state index in [4.69, 9.17) is 0 Å². The van der Waals surface area contributed by atoms with E-state index in [0.29, 0.717) is 0 Å². The average Bonchev–Trinajstić information content (AvgIpc) is 3.09. The van der Waals surface area contributed by atoms with Crippen LogP contribution in [0.5, 0.6) is 0 Å². The number of nitrogens with zero attached hydrogens (tertiary/aromatic N) is 1. The van der Waals surface area contributed by atoms with Gasteiger partial charge in [0.15, 0.2) is 0 Å². The molecule has 9 rings (SSSR count). The van der Waals surface area contributed by atoms with Crippen molar-refractivity contribution >= 4 is 54.5 Å². The fraction of sp³-hybridized carbons (Fsp3) is 0.111. The van der Waals surface area contributed by atoms with Gasteiger partial charge in [-0.2, -0.15) is 0 Å². The zero-order valence-corrected chi connectivity index (χ0v) is 26.7. The number of rotatable bonds is 2. The summed E-state index contributed by atoms with van der Waals surface area (Å²) >= 11 is 0. The minimum atomic E-state index is -0.0846. The molecule has 8 aromatic carbocycles. The van der Waals surface area contributed by atoms with E-state index in [1.165, 1.54) is 93.4 Å². The highest BCUT2D eigenvalue weighted by molar-refractivity contribution is 6.25. The molecule has 1 nitrogen and oxygen atoms in total. The van der Waals surface area contributed by atoms with Crippen LogP contribution in [-0.4, -0.2) is 7.05 Å². The van der Waals surface area contributed by atoms with Crippen LogP contribution >= 0.6 is 0 Å². The summed E-state index contributed by atoms with van der Waals surface area (Å²) in [6.45, 7) is 6.92. The molecule has 0 saturated carbocycles. The van der Waals surface area contributed by atoms with Gasteiger partial charge in [0, 0.05) is 23.8 Å². The van der Waals surface area contributed by atoms with E-state index in [1.807, 2.05) is 0 Å². The number of fused-ring (bicyclic) bond motifs is 7. The molecule has 0 atom stereocenters. The Kier molecular flexibility index (Phi) is 5.74. The lowest BCUT2D eigenvalue weighted by atomic mass is 9.73. The molecular weight excluding hydrogens is 555 g/mol. The molecule has 0 radical (unpaired) electrons. The first-order valence-electron chi connectivity index (χ1n) is 16.3. The summed E-state index contributed by atoms with van der Waals surface area (Å²) in [5.41, 5.74) is 11.6. The topological polar surface area (TPSA) is 3.24 Å². The summed E-state index contributed by atoms with van der Waals surface area (Å²) < 4.78 is 0.